The van der Waals surface area contributed by atoms with Gasteiger partial charge in [0.15, 0.2) is 0 Å². The van der Waals surface area contributed by atoms with Crippen molar-refractivity contribution in [2.24, 2.45) is 0 Å². The highest BCUT2D eigenvalue weighted by Gasteiger charge is 2.31. The smallest absolute Gasteiger partial charge is 0.335 e. The number of nitrogens with one attached hydrogen (secondary N) is 2. The predicted molar refractivity (Wildman–Crippen MR) is 97.3 cm³/mol. The van der Waals surface area contributed by atoms with E-state index in [1.165, 1.54) is 24.3 Å². The van der Waals surface area contributed by atoms with Crippen LogP contribution in [0.25, 0.3) is 0 Å². The SMILES string of the molecule is O=C(NCc1ccc(C(=O)O)cc1)NC1CCOC1c1ccc(Cl)c(F)c1. The number of aromatic carboxylic acids is 1. The molecule has 1 fully saturated rings. The lowest BCUT2D eigenvalue weighted by molar-refractivity contribution is 0.0697. The largest absolute Gasteiger partial charge is 0.478 e. The first-order chi connectivity index (χ1) is 12.9. The Morgan fingerprint density at radius 1 is 1.22 bits per heavy atom. The number of halogens is 2. The highest BCUT2D eigenvalue weighted by molar-refractivity contribution is 6.30. The zero-order valence-corrected chi connectivity index (χ0v) is 15.0. The van der Waals surface area contributed by atoms with E-state index in [1.807, 2.05) is 0 Å². The molecular weight excluding hydrogens is 375 g/mol. The molecule has 2 unspecified atom stereocenters. The van der Waals surface area contributed by atoms with Gasteiger partial charge in [0.05, 0.1) is 16.6 Å². The third kappa shape index (κ3) is 4.75. The van der Waals surface area contributed by atoms with Crippen LogP contribution in [0.4, 0.5) is 9.18 Å². The van der Waals surface area contributed by atoms with Crippen LogP contribution in [0.1, 0.15) is 34.0 Å². The molecule has 1 aliphatic rings. The molecule has 0 radical (unpaired) electrons. The van der Waals surface area contributed by atoms with Crippen molar-refractivity contribution >= 4 is 23.6 Å². The van der Waals surface area contributed by atoms with Crippen molar-refractivity contribution in [1.29, 1.82) is 0 Å². The van der Waals surface area contributed by atoms with Crippen LogP contribution in [0.2, 0.25) is 5.02 Å². The summed E-state index contributed by atoms with van der Waals surface area (Å²) < 4.78 is 19.3. The minimum absolute atomic E-state index is 0.0351. The first-order valence-electron chi connectivity index (χ1n) is 8.37. The minimum Gasteiger partial charge on any atom is -0.478 e. The van der Waals surface area contributed by atoms with Gasteiger partial charge in [-0.1, -0.05) is 29.8 Å². The number of carboxylic acid groups (broad SMARTS) is 1. The molecule has 2 aromatic carbocycles. The number of rotatable bonds is 5. The Bertz CT molecular complexity index is 844. The number of benzene rings is 2. The van der Waals surface area contributed by atoms with E-state index in [2.05, 4.69) is 10.6 Å². The van der Waals surface area contributed by atoms with E-state index in [9.17, 15) is 14.0 Å². The molecule has 6 nitrogen and oxygen atoms in total. The zero-order chi connectivity index (χ0) is 19.4. The van der Waals surface area contributed by atoms with Crippen LogP contribution in [0.3, 0.4) is 0 Å². The van der Waals surface area contributed by atoms with Crippen molar-refractivity contribution < 1.29 is 23.8 Å². The molecule has 1 aliphatic heterocycles. The van der Waals surface area contributed by atoms with Gasteiger partial charge in [0, 0.05) is 13.2 Å². The average molecular weight is 393 g/mol. The van der Waals surface area contributed by atoms with Gasteiger partial charge in [0.25, 0.3) is 0 Å². The Kier molecular flexibility index (Phi) is 5.93. The van der Waals surface area contributed by atoms with Gasteiger partial charge in [-0.05, 0) is 41.8 Å². The van der Waals surface area contributed by atoms with E-state index in [-0.39, 0.29) is 29.2 Å². The fraction of sp³-hybridized carbons (Fsp3) is 0.263. The number of amides is 2. The van der Waals surface area contributed by atoms with Crippen molar-refractivity contribution in [2.45, 2.75) is 25.1 Å². The van der Waals surface area contributed by atoms with Gasteiger partial charge >= 0.3 is 12.0 Å². The molecule has 0 aromatic heterocycles. The van der Waals surface area contributed by atoms with E-state index < -0.39 is 17.9 Å². The summed E-state index contributed by atoms with van der Waals surface area (Å²) in [5, 5.41) is 14.5. The molecule has 0 saturated carbocycles. The molecule has 0 aliphatic carbocycles. The second kappa shape index (κ2) is 8.37. The summed E-state index contributed by atoms with van der Waals surface area (Å²) in [7, 11) is 0. The highest BCUT2D eigenvalue weighted by atomic mass is 35.5. The van der Waals surface area contributed by atoms with Crippen molar-refractivity contribution in [1.82, 2.24) is 10.6 Å². The Morgan fingerprint density at radius 2 is 1.96 bits per heavy atom. The molecule has 142 valence electrons. The number of urea groups is 1. The van der Waals surface area contributed by atoms with Crippen molar-refractivity contribution in [3.05, 3.63) is 70.0 Å². The summed E-state index contributed by atoms with van der Waals surface area (Å²) >= 11 is 5.71. The fourth-order valence-corrected chi connectivity index (χ4v) is 3.04. The third-order valence-corrected chi connectivity index (χ3v) is 4.64. The molecule has 2 aromatic rings. The van der Waals surface area contributed by atoms with E-state index >= 15 is 0 Å². The fourth-order valence-electron chi connectivity index (χ4n) is 2.92. The number of carbonyl (C=O) groups is 2. The number of carboxylic acids is 1. The summed E-state index contributed by atoms with van der Waals surface area (Å²) in [6.45, 7) is 0.704. The predicted octanol–water partition coefficient (Wildman–Crippen LogP) is 3.51. The van der Waals surface area contributed by atoms with Gasteiger partial charge in [-0.2, -0.15) is 0 Å². The lowest BCUT2D eigenvalue weighted by Gasteiger charge is -2.20. The molecule has 8 heteroatoms. The second-order valence-electron chi connectivity index (χ2n) is 6.19. The maximum Gasteiger partial charge on any atom is 0.335 e. The van der Waals surface area contributed by atoms with E-state index in [0.29, 0.717) is 18.6 Å². The van der Waals surface area contributed by atoms with Crippen LogP contribution >= 0.6 is 11.6 Å². The Labute approximate surface area is 160 Å². The van der Waals surface area contributed by atoms with E-state index in [4.69, 9.17) is 21.4 Å². The molecule has 3 rings (SSSR count). The second-order valence-corrected chi connectivity index (χ2v) is 6.60. The summed E-state index contributed by atoms with van der Waals surface area (Å²) in [6.07, 6.45) is 0.160. The van der Waals surface area contributed by atoms with Crippen LogP contribution in [-0.4, -0.2) is 29.8 Å². The molecule has 1 heterocycles. The van der Waals surface area contributed by atoms with Gasteiger partial charge in [-0.15, -0.1) is 0 Å². The number of ether oxygens (including phenoxy) is 1. The van der Waals surface area contributed by atoms with Crippen LogP contribution in [0.5, 0.6) is 0 Å². The number of carbonyl (C=O) groups excluding carboxylic acids is 1. The summed E-state index contributed by atoms with van der Waals surface area (Å²) in [6, 6.07) is 10.0. The summed E-state index contributed by atoms with van der Waals surface area (Å²) in [4.78, 5) is 23.0. The quantitative estimate of drug-likeness (QED) is 0.726. The lowest BCUT2D eigenvalue weighted by atomic mass is 10.0. The molecule has 2 amide bonds. The molecule has 1 saturated heterocycles. The molecular formula is C19H18ClFN2O4. The van der Waals surface area contributed by atoms with Crippen LogP contribution in [0, 0.1) is 5.82 Å². The van der Waals surface area contributed by atoms with Crippen LogP contribution in [-0.2, 0) is 11.3 Å². The zero-order valence-electron chi connectivity index (χ0n) is 14.2. The van der Waals surface area contributed by atoms with Crippen LogP contribution in [0.15, 0.2) is 42.5 Å². The lowest BCUT2D eigenvalue weighted by Crippen LogP contribution is -2.43. The van der Waals surface area contributed by atoms with Gasteiger partial charge in [-0.3, -0.25) is 0 Å². The first kappa shape index (κ1) is 19.1. The first-order valence-corrected chi connectivity index (χ1v) is 8.75. The molecule has 27 heavy (non-hydrogen) atoms. The molecule has 3 N–H and O–H groups in total. The average Bonchev–Trinajstić information content (AvgIpc) is 3.10. The van der Waals surface area contributed by atoms with Gasteiger partial charge < -0.3 is 20.5 Å². The Morgan fingerprint density at radius 3 is 2.63 bits per heavy atom. The van der Waals surface area contributed by atoms with Crippen LogP contribution < -0.4 is 10.6 Å². The maximum absolute atomic E-state index is 13.7. The molecule has 0 bridgehead atoms. The normalized spacial score (nSPS) is 18.9. The van der Waals surface area contributed by atoms with Crippen molar-refractivity contribution in [2.75, 3.05) is 6.61 Å². The topological polar surface area (TPSA) is 87.7 Å². The molecule has 2 atom stereocenters. The summed E-state index contributed by atoms with van der Waals surface area (Å²) in [5.74, 6) is -1.53. The Hall–Kier alpha value is -2.64. The van der Waals surface area contributed by atoms with E-state index in [1.54, 1.807) is 18.2 Å². The standard InChI is InChI=1S/C19H18ClFN2O4/c20-14-6-5-13(9-15(14)21)17-16(7-8-27-17)23-19(26)22-10-11-1-3-12(4-2-11)18(24)25/h1-6,9,16-17H,7-8,10H2,(H,24,25)(H2,22,23,26). The van der Waals surface area contributed by atoms with Crippen molar-refractivity contribution in [3.8, 4) is 0 Å². The monoisotopic (exact) mass is 392 g/mol. The number of hydrogen-bond donors (Lipinski definition) is 3. The van der Waals surface area contributed by atoms with Gasteiger partial charge in [-0.25, -0.2) is 14.0 Å². The minimum atomic E-state index is -1.00. The van der Waals surface area contributed by atoms with Crippen molar-refractivity contribution in [3.63, 3.8) is 0 Å². The number of hydrogen-bond acceptors (Lipinski definition) is 3. The Balaban J connectivity index is 1.56. The molecule has 0 spiro atoms. The summed E-state index contributed by atoms with van der Waals surface area (Å²) in [5.41, 5.74) is 1.57. The maximum atomic E-state index is 13.7. The highest BCUT2D eigenvalue weighted by Crippen LogP contribution is 2.31. The third-order valence-electron chi connectivity index (χ3n) is 4.33. The van der Waals surface area contributed by atoms with Gasteiger partial charge in [0.1, 0.15) is 11.9 Å². The van der Waals surface area contributed by atoms with Gasteiger partial charge in [0.2, 0.25) is 0 Å². The van der Waals surface area contributed by atoms with E-state index in [0.717, 1.165) is 5.56 Å².